The molecule has 2 saturated heterocycles. The summed E-state index contributed by atoms with van der Waals surface area (Å²) in [4.78, 5) is 0. The minimum atomic E-state index is -3.25. The Hall–Kier alpha value is -0.170. The lowest BCUT2D eigenvalue weighted by Gasteiger charge is -2.39. The topological polar surface area (TPSA) is 66.6 Å². The molecule has 0 amide bonds. The summed E-state index contributed by atoms with van der Waals surface area (Å²) in [6.45, 7) is 7.63. The minimum Gasteiger partial charge on any atom is -0.330 e. The predicted octanol–water partition coefficient (Wildman–Crippen LogP) is 0.880. The Morgan fingerprint density at radius 3 is 2.11 bits per heavy atom. The van der Waals surface area contributed by atoms with E-state index in [1.54, 1.807) is 8.61 Å². The third-order valence-electron chi connectivity index (χ3n) is 4.86. The number of piperidine rings is 2. The van der Waals surface area contributed by atoms with Gasteiger partial charge in [0.15, 0.2) is 0 Å². The first-order valence-electron chi connectivity index (χ1n) is 7.40. The van der Waals surface area contributed by atoms with Gasteiger partial charge in [-0.25, -0.2) is 0 Å². The Kier molecular flexibility index (Phi) is 4.87. The van der Waals surface area contributed by atoms with E-state index in [1.165, 1.54) is 0 Å². The molecule has 2 N–H and O–H groups in total. The third kappa shape index (κ3) is 3.29. The van der Waals surface area contributed by atoms with Crippen molar-refractivity contribution in [2.75, 3.05) is 32.7 Å². The van der Waals surface area contributed by atoms with Crippen molar-refractivity contribution in [3.8, 4) is 0 Å². The summed E-state index contributed by atoms with van der Waals surface area (Å²) in [5.74, 6) is 1.56. The van der Waals surface area contributed by atoms with E-state index < -0.39 is 10.2 Å². The summed E-state index contributed by atoms with van der Waals surface area (Å²) in [5, 5.41) is 0. The van der Waals surface area contributed by atoms with Gasteiger partial charge in [0, 0.05) is 26.2 Å². The van der Waals surface area contributed by atoms with Crippen LogP contribution in [0, 0.1) is 17.8 Å². The fourth-order valence-electron chi connectivity index (χ4n) is 2.97. The van der Waals surface area contributed by atoms with Gasteiger partial charge in [-0.1, -0.05) is 13.8 Å². The second kappa shape index (κ2) is 6.08. The van der Waals surface area contributed by atoms with Crippen molar-refractivity contribution in [3.05, 3.63) is 0 Å². The summed E-state index contributed by atoms with van der Waals surface area (Å²) in [6, 6.07) is 0. The second-order valence-electron chi connectivity index (χ2n) is 6.19. The fraction of sp³-hybridized carbons (Fsp3) is 1.00. The lowest BCUT2D eigenvalue weighted by atomic mass is 9.90. The lowest BCUT2D eigenvalue weighted by Crippen LogP contribution is -2.51. The van der Waals surface area contributed by atoms with Gasteiger partial charge in [-0.15, -0.1) is 0 Å². The summed E-state index contributed by atoms with van der Waals surface area (Å²) in [7, 11) is -3.25. The van der Waals surface area contributed by atoms with Crippen LogP contribution in [-0.2, 0) is 10.2 Å². The molecule has 2 rings (SSSR count). The molecule has 6 heteroatoms. The number of nitrogens with two attached hydrogens (primary N) is 1. The molecule has 2 aliphatic heterocycles. The maximum absolute atomic E-state index is 12.6. The Morgan fingerprint density at radius 1 is 1.00 bits per heavy atom. The van der Waals surface area contributed by atoms with Gasteiger partial charge >= 0.3 is 0 Å². The van der Waals surface area contributed by atoms with E-state index >= 15 is 0 Å². The maximum atomic E-state index is 12.6. The smallest absolute Gasteiger partial charge is 0.281 e. The Balaban J connectivity index is 1.99. The largest absolute Gasteiger partial charge is 0.330 e. The van der Waals surface area contributed by atoms with Gasteiger partial charge in [0.2, 0.25) is 0 Å². The standard InChI is InChI=1S/C13H27N3O2S/c1-11-3-6-16(10-12(11)2)19(17,18)15-7-4-13(9-14)5-8-15/h11-13H,3-10,14H2,1-2H3. The first-order valence-corrected chi connectivity index (χ1v) is 8.80. The molecule has 0 aliphatic carbocycles. The van der Waals surface area contributed by atoms with E-state index in [0.29, 0.717) is 50.5 Å². The van der Waals surface area contributed by atoms with Gasteiger partial charge in [-0.3, -0.25) is 0 Å². The third-order valence-corrected chi connectivity index (χ3v) is 6.86. The molecule has 2 fully saturated rings. The summed E-state index contributed by atoms with van der Waals surface area (Å²) < 4.78 is 28.6. The average Bonchev–Trinajstić information content (AvgIpc) is 2.41. The molecule has 112 valence electrons. The highest BCUT2D eigenvalue weighted by Crippen LogP contribution is 2.27. The van der Waals surface area contributed by atoms with Crippen LogP contribution in [0.25, 0.3) is 0 Å². The van der Waals surface area contributed by atoms with E-state index in [0.717, 1.165) is 19.3 Å². The quantitative estimate of drug-likeness (QED) is 0.838. The molecule has 2 aliphatic rings. The highest BCUT2D eigenvalue weighted by molar-refractivity contribution is 7.86. The van der Waals surface area contributed by atoms with Crippen molar-refractivity contribution < 1.29 is 8.42 Å². The molecule has 2 unspecified atom stereocenters. The fourth-order valence-corrected chi connectivity index (χ4v) is 4.73. The molecule has 0 aromatic heterocycles. The Bertz CT molecular complexity index is 391. The van der Waals surface area contributed by atoms with E-state index in [9.17, 15) is 8.42 Å². The van der Waals surface area contributed by atoms with Crippen LogP contribution in [0.3, 0.4) is 0 Å². The number of hydrogen-bond acceptors (Lipinski definition) is 3. The van der Waals surface area contributed by atoms with E-state index in [-0.39, 0.29) is 0 Å². The molecular weight excluding hydrogens is 262 g/mol. The molecule has 0 bridgehead atoms. The molecule has 19 heavy (non-hydrogen) atoms. The van der Waals surface area contributed by atoms with Gasteiger partial charge in [0.05, 0.1) is 0 Å². The summed E-state index contributed by atoms with van der Waals surface area (Å²) in [6.07, 6.45) is 2.77. The van der Waals surface area contributed by atoms with E-state index in [2.05, 4.69) is 13.8 Å². The zero-order valence-electron chi connectivity index (χ0n) is 12.1. The molecule has 0 aromatic carbocycles. The lowest BCUT2D eigenvalue weighted by molar-refractivity contribution is 0.191. The monoisotopic (exact) mass is 289 g/mol. The maximum Gasteiger partial charge on any atom is 0.281 e. The van der Waals surface area contributed by atoms with Crippen LogP contribution < -0.4 is 5.73 Å². The van der Waals surface area contributed by atoms with E-state index in [1.807, 2.05) is 0 Å². The zero-order valence-corrected chi connectivity index (χ0v) is 12.9. The minimum absolute atomic E-state index is 0.449. The van der Waals surface area contributed by atoms with Crippen LogP contribution in [0.1, 0.15) is 33.1 Å². The SMILES string of the molecule is CC1CCN(S(=O)(=O)N2CCC(CN)CC2)CC1C. The summed E-state index contributed by atoms with van der Waals surface area (Å²) >= 11 is 0. The molecule has 5 nitrogen and oxygen atoms in total. The van der Waals surface area contributed by atoms with Crippen LogP contribution in [-0.4, -0.2) is 49.8 Å². The summed E-state index contributed by atoms with van der Waals surface area (Å²) in [5.41, 5.74) is 5.66. The first kappa shape index (κ1) is 15.2. The van der Waals surface area contributed by atoms with Crippen LogP contribution >= 0.6 is 0 Å². The van der Waals surface area contributed by atoms with Gasteiger partial charge in [-0.2, -0.15) is 17.0 Å². The van der Waals surface area contributed by atoms with Crippen molar-refractivity contribution in [2.45, 2.75) is 33.1 Å². The van der Waals surface area contributed by atoms with Crippen LogP contribution in [0.15, 0.2) is 0 Å². The van der Waals surface area contributed by atoms with Gasteiger partial charge < -0.3 is 5.73 Å². The van der Waals surface area contributed by atoms with Gasteiger partial charge in [0.1, 0.15) is 0 Å². The Labute approximate surface area is 117 Å². The van der Waals surface area contributed by atoms with Crippen molar-refractivity contribution in [3.63, 3.8) is 0 Å². The van der Waals surface area contributed by atoms with E-state index in [4.69, 9.17) is 5.73 Å². The molecule has 2 heterocycles. The number of rotatable bonds is 3. The van der Waals surface area contributed by atoms with Crippen molar-refractivity contribution in [1.82, 2.24) is 8.61 Å². The van der Waals surface area contributed by atoms with Crippen molar-refractivity contribution in [2.24, 2.45) is 23.5 Å². The number of hydrogen-bond donors (Lipinski definition) is 1. The van der Waals surface area contributed by atoms with Crippen LogP contribution in [0.5, 0.6) is 0 Å². The molecule has 0 spiro atoms. The molecule has 0 radical (unpaired) electrons. The molecule has 2 atom stereocenters. The molecular formula is C13H27N3O2S. The van der Waals surface area contributed by atoms with Crippen molar-refractivity contribution >= 4 is 10.2 Å². The molecule has 0 saturated carbocycles. The molecule has 0 aromatic rings. The highest BCUT2D eigenvalue weighted by atomic mass is 32.2. The van der Waals surface area contributed by atoms with Gasteiger partial charge in [-0.05, 0) is 43.6 Å². The highest BCUT2D eigenvalue weighted by Gasteiger charge is 2.36. The average molecular weight is 289 g/mol. The zero-order chi connectivity index (χ0) is 14.0. The first-order chi connectivity index (χ1) is 8.95. The number of nitrogens with zero attached hydrogens (tertiary/aromatic N) is 2. The van der Waals surface area contributed by atoms with Crippen LogP contribution in [0.2, 0.25) is 0 Å². The second-order valence-corrected chi connectivity index (χ2v) is 8.12. The normalized spacial score (nSPS) is 32.6. The Morgan fingerprint density at radius 2 is 1.58 bits per heavy atom. The van der Waals surface area contributed by atoms with Crippen LogP contribution in [0.4, 0.5) is 0 Å². The van der Waals surface area contributed by atoms with Gasteiger partial charge in [0.25, 0.3) is 10.2 Å². The van der Waals surface area contributed by atoms with Crippen molar-refractivity contribution in [1.29, 1.82) is 0 Å². The predicted molar refractivity (Wildman–Crippen MR) is 76.8 cm³/mol.